The summed E-state index contributed by atoms with van der Waals surface area (Å²) in [5.74, 6) is 0.109. The predicted octanol–water partition coefficient (Wildman–Crippen LogP) is 3.26. The second-order valence-corrected chi connectivity index (χ2v) is 7.70. The number of nitrogens with one attached hydrogen (secondary N) is 2. The van der Waals surface area contributed by atoms with Gasteiger partial charge in [0.15, 0.2) is 5.11 Å². The highest BCUT2D eigenvalue weighted by Crippen LogP contribution is 2.29. The quantitative estimate of drug-likeness (QED) is 0.729. The number of carbonyl (C=O) groups is 2. The summed E-state index contributed by atoms with van der Waals surface area (Å²) in [5.41, 5.74) is 1.65. The van der Waals surface area contributed by atoms with Crippen LogP contribution in [0.25, 0.3) is 0 Å². The third-order valence-electron chi connectivity index (χ3n) is 4.36. The minimum Gasteiger partial charge on any atom is -0.367 e. The molecule has 2 rings (SSSR count). The molecule has 6 nitrogen and oxygen atoms in total. The van der Waals surface area contributed by atoms with E-state index in [2.05, 4.69) is 15.5 Å². The number of nitrogens with zero attached hydrogens (tertiary/aromatic N) is 2. The van der Waals surface area contributed by atoms with E-state index in [1.807, 2.05) is 37.8 Å². The lowest BCUT2D eigenvalue weighted by Crippen LogP contribution is -2.50. The van der Waals surface area contributed by atoms with E-state index in [0.29, 0.717) is 24.5 Å². The largest absolute Gasteiger partial charge is 0.367 e. The topological polar surface area (TPSA) is 64.7 Å². The molecule has 27 heavy (non-hydrogen) atoms. The second-order valence-electron chi connectivity index (χ2n) is 6.89. The highest BCUT2D eigenvalue weighted by atomic mass is 35.5. The summed E-state index contributed by atoms with van der Waals surface area (Å²) in [6.45, 7) is 8.67. The van der Waals surface area contributed by atoms with Crippen molar-refractivity contribution >= 4 is 52.1 Å². The number of benzene rings is 1. The fraction of sp³-hybridized carbons (Fsp3) is 0.526. The normalized spacial score (nSPS) is 14.3. The van der Waals surface area contributed by atoms with Crippen LogP contribution in [0.1, 0.15) is 33.6 Å². The third kappa shape index (κ3) is 6.07. The molecule has 148 valence electrons. The van der Waals surface area contributed by atoms with Crippen LogP contribution < -0.4 is 15.5 Å². The zero-order valence-electron chi connectivity index (χ0n) is 16.0. The summed E-state index contributed by atoms with van der Waals surface area (Å²) in [4.78, 5) is 27.8. The Labute approximate surface area is 171 Å². The molecule has 0 bridgehead atoms. The zero-order valence-corrected chi connectivity index (χ0v) is 17.6. The van der Waals surface area contributed by atoms with Crippen LogP contribution in [-0.2, 0) is 9.59 Å². The first-order valence-electron chi connectivity index (χ1n) is 9.26. The summed E-state index contributed by atoms with van der Waals surface area (Å²) < 4.78 is 0. The molecule has 1 aliphatic rings. The van der Waals surface area contributed by atoms with Crippen LogP contribution in [0.2, 0.25) is 5.02 Å². The van der Waals surface area contributed by atoms with Crippen LogP contribution in [-0.4, -0.2) is 48.0 Å². The molecule has 0 aliphatic carbocycles. The Bertz CT molecular complexity index is 703. The maximum atomic E-state index is 12.1. The van der Waals surface area contributed by atoms with Gasteiger partial charge in [0.05, 0.1) is 10.7 Å². The van der Waals surface area contributed by atoms with Gasteiger partial charge < -0.3 is 20.4 Å². The summed E-state index contributed by atoms with van der Waals surface area (Å²) in [6, 6.07) is 5.60. The Hall–Kier alpha value is -1.86. The van der Waals surface area contributed by atoms with Crippen molar-refractivity contribution in [3.05, 3.63) is 23.2 Å². The smallest absolute Gasteiger partial charge is 0.226 e. The molecule has 1 saturated heterocycles. The average molecular weight is 411 g/mol. The van der Waals surface area contributed by atoms with Gasteiger partial charge in [-0.2, -0.15) is 0 Å². The molecule has 0 aromatic heterocycles. The van der Waals surface area contributed by atoms with E-state index in [-0.39, 0.29) is 22.8 Å². The van der Waals surface area contributed by atoms with E-state index < -0.39 is 0 Å². The summed E-state index contributed by atoms with van der Waals surface area (Å²) >= 11 is 11.6. The molecule has 2 N–H and O–H groups in total. The number of halogens is 1. The van der Waals surface area contributed by atoms with E-state index in [4.69, 9.17) is 23.8 Å². The molecule has 1 aromatic carbocycles. The van der Waals surface area contributed by atoms with Crippen molar-refractivity contribution in [3.8, 4) is 0 Å². The average Bonchev–Trinajstić information content (AvgIpc) is 2.61. The first-order chi connectivity index (χ1) is 12.8. The minimum absolute atomic E-state index is 0.0205. The van der Waals surface area contributed by atoms with Crippen LogP contribution in [0.3, 0.4) is 0 Å². The SMILES string of the molecule is CCCC(=O)NC(=S)Nc1ccc(N2CCN(C(=O)C(C)C)CC2)c(Cl)c1. The maximum absolute atomic E-state index is 12.1. The zero-order chi connectivity index (χ0) is 20.0. The van der Waals surface area contributed by atoms with Crippen LogP contribution in [0.5, 0.6) is 0 Å². The van der Waals surface area contributed by atoms with Gasteiger partial charge in [-0.25, -0.2) is 0 Å². The monoisotopic (exact) mass is 410 g/mol. The van der Waals surface area contributed by atoms with Crippen LogP contribution in [0.4, 0.5) is 11.4 Å². The first kappa shape index (κ1) is 21.4. The Morgan fingerprint density at radius 2 is 1.89 bits per heavy atom. The highest BCUT2D eigenvalue weighted by molar-refractivity contribution is 7.80. The number of anilines is 2. The Balaban J connectivity index is 1.94. The number of rotatable bonds is 5. The number of carbonyl (C=O) groups excluding carboxylic acids is 2. The van der Waals surface area contributed by atoms with Gasteiger partial charge in [-0.1, -0.05) is 32.4 Å². The van der Waals surface area contributed by atoms with Gasteiger partial charge in [0.2, 0.25) is 11.8 Å². The van der Waals surface area contributed by atoms with E-state index in [1.165, 1.54) is 0 Å². The Morgan fingerprint density at radius 3 is 2.44 bits per heavy atom. The summed E-state index contributed by atoms with van der Waals surface area (Å²) in [5, 5.41) is 6.49. The molecule has 1 aliphatic heterocycles. The number of hydrogen-bond acceptors (Lipinski definition) is 4. The second kappa shape index (κ2) is 9.90. The predicted molar refractivity (Wildman–Crippen MR) is 114 cm³/mol. The van der Waals surface area contributed by atoms with Gasteiger partial charge in [-0.3, -0.25) is 9.59 Å². The maximum Gasteiger partial charge on any atom is 0.226 e. The van der Waals surface area contributed by atoms with E-state index in [9.17, 15) is 9.59 Å². The van der Waals surface area contributed by atoms with Gasteiger partial charge in [0.25, 0.3) is 0 Å². The van der Waals surface area contributed by atoms with Gasteiger partial charge in [0, 0.05) is 44.2 Å². The molecule has 1 aromatic rings. The standard InChI is InChI=1S/C19H27ClN4O2S/c1-4-5-17(25)22-19(27)21-14-6-7-16(15(20)12-14)23-8-10-24(11-9-23)18(26)13(2)3/h6-7,12-13H,4-5,8-11H2,1-3H3,(H2,21,22,25,27). The lowest BCUT2D eigenvalue weighted by molar-refractivity contribution is -0.134. The van der Waals surface area contributed by atoms with E-state index >= 15 is 0 Å². The molecule has 8 heteroatoms. The van der Waals surface area contributed by atoms with E-state index in [1.54, 1.807) is 6.07 Å². The fourth-order valence-corrected chi connectivity index (χ4v) is 3.48. The van der Waals surface area contributed by atoms with Crippen LogP contribution in [0.15, 0.2) is 18.2 Å². The Morgan fingerprint density at radius 1 is 1.22 bits per heavy atom. The van der Waals surface area contributed by atoms with Crippen molar-refractivity contribution in [3.63, 3.8) is 0 Å². The van der Waals surface area contributed by atoms with Gasteiger partial charge in [-0.05, 0) is 36.8 Å². The molecule has 1 fully saturated rings. The summed E-state index contributed by atoms with van der Waals surface area (Å²) in [6.07, 6.45) is 1.21. The molecule has 0 radical (unpaired) electrons. The minimum atomic E-state index is -0.105. The number of hydrogen-bond donors (Lipinski definition) is 2. The third-order valence-corrected chi connectivity index (χ3v) is 4.87. The van der Waals surface area contributed by atoms with Crippen LogP contribution in [0, 0.1) is 5.92 Å². The molecule has 0 atom stereocenters. The van der Waals surface area contributed by atoms with Crippen molar-refractivity contribution in [2.45, 2.75) is 33.6 Å². The Kier molecular flexibility index (Phi) is 7.86. The molecule has 2 amide bonds. The van der Waals surface area contributed by atoms with Crippen molar-refractivity contribution in [1.82, 2.24) is 10.2 Å². The van der Waals surface area contributed by atoms with Crippen molar-refractivity contribution in [2.75, 3.05) is 36.4 Å². The molecular formula is C19H27ClN4O2S. The molecule has 0 spiro atoms. The highest BCUT2D eigenvalue weighted by Gasteiger charge is 2.24. The lowest BCUT2D eigenvalue weighted by Gasteiger charge is -2.37. The lowest BCUT2D eigenvalue weighted by atomic mass is 10.1. The van der Waals surface area contributed by atoms with Gasteiger partial charge in [-0.15, -0.1) is 0 Å². The van der Waals surface area contributed by atoms with Crippen molar-refractivity contribution in [2.24, 2.45) is 5.92 Å². The van der Waals surface area contributed by atoms with Gasteiger partial charge >= 0.3 is 0 Å². The van der Waals surface area contributed by atoms with Gasteiger partial charge in [0.1, 0.15) is 0 Å². The van der Waals surface area contributed by atoms with Crippen molar-refractivity contribution in [1.29, 1.82) is 0 Å². The first-order valence-corrected chi connectivity index (χ1v) is 10.0. The van der Waals surface area contributed by atoms with E-state index in [0.717, 1.165) is 30.9 Å². The fourth-order valence-electron chi connectivity index (χ4n) is 2.95. The number of piperazine rings is 1. The number of thiocarbonyl (C=S) groups is 1. The molecular weight excluding hydrogens is 384 g/mol. The molecule has 0 saturated carbocycles. The van der Waals surface area contributed by atoms with Crippen LogP contribution >= 0.6 is 23.8 Å². The molecule has 1 heterocycles. The molecule has 0 unspecified atom stereocenters. The number of amides is 2. The summed E-state index contributed by atoms with van der Waals surface area (Å²) in [7, 11) is 0. The van der Waals surface area contributed by atoms with Crippen molar-refractivity contribution < 1.29 is 9.59 Å².